The van der Waals surface area contributed by atoms with Crippen LogP contribution in [0.5, 0.6) is 11.5 Å². The molecular weight excluding hydrogens is 236 g/mol. The fourth-order valence-corrected chi connectivity index (χ4v) is 2.59. The highest BCUT2D eigenvalue weighted by atomic mass is 16.5. The van der Waals surface area contributed by atoms with E-state index in [0.717, 1.165) is 29.8 Å². The van der Waals surface area contributed by atoms with Crippen molar-refractivity contribution >= 4 is 6.29 Å². The molecule has 2 aromatic rings. The summed E-state index contributed by atoms with van der Waals surface area (Å²) in [5.74, 6) is 1.65. The van der Waals surface area contributed by atoms with Crippen molar-refractivity contribution in [2.24, 2.45) is 0 Å². The molecule has 19 heavy (non-hydrogen) atoms. The molecule has 2 aromatic carbocycles. The van der Waals surface area contributed by atoms with Crippen LogP contribution in [0.3, 0.4) is 0 Å². The second-order valence-corrected chi connectivity index (χ2v) is 5.02. The lowest BCUT2D eigenvalue weighted by molar-refractivity contribution is 0.112. The van der Waals surface area contributed by atoms with E-state index in [4.69, 9.17) is 4.74 Å². The van der Waals surface area contributed by atoms with Gasteiger partial charge in [-0.25, -0.2) is 0 Å². The minimum Gasteiger partial charge on any atom is -0.457 e. The van der Waals surface area contributed by atoms with Crippen LogP contribution in [-0.2, 0) is 12.8 Å². The summed E-state index contributed by atoms with van der Waals surface area (Å²) in [6, 6.07) is 11.8. The van der Waals surface area contributed by atoms with E-state index in [2.05, 4.69) is 12.1 Å². The molecule has 0 bridgehead atoms. The first-order valence-corrected chi connectivity index (χ1v) is 6.62. The molecule has 0 unspecified atom stereocenters. The smallest absolute Gasteiger partial charge is 0.150 e. The van der Waals surface area contributed by atoms with Crippen molar-refractivity contribution < 1.29 is 9.53 Å². The zero-order valence-electron chi connectivity index (χ0n) is 11.0. The Morgan fingerprint density at radius 2 is 1.74 bits per heavy atom. The van der Waals surface area contributed by atoms with E-state index in [1.54, 1.807) is 6.07 Å². The van der Waals surface area contributed by atoms with E-state index in [1.165, 1.54) is 24.0 Å². The van der Waals surface area contributed by atoms with Crippen LogP contribution in [0.1, 0.15) is 33.5 Å². The largest absolute Gasteiger partial charge is 0.457 e. The Bertz CT molecular complexity index is 629. The van der Waals surface area contributed by atoms with Crippen LogP contribution in [0.25, 0.3) is 0 Å². The highest BCUT2D eigenvalue weighted by Gasteiger charge is 2.11. The molecular formula is C17H16O2. The average Bonchev–Trinajstić information content (AvgIpc) is 2.86. The van der Waals surface area contributed by atoms with Gasteiger partial charge in [-0.05, 0) is 73.2 Å². The van der Waals surface area contributed by atoms with Crippen molar-refractivity contribution in [3.05, 3.63) is 58.7 Å². The van der Waals surface area contributed by atoms with Crippen LogP contribution in [0, 0.1) is 6.92 Å². The predicted molar refractivity (Wildman–Crippen MR) is 75.1 cm³/mol. The van der Waals surface area contributed by atoms with Crippen LogP contribution in [0.15, 0.2) is 36.4 Å². The second kappa shape index (κ2) is 4.88. The maximum absolute atomic E-state index is 10.8. The molecule has 0 N–H and O–H groups in total. The quantitative estimate of drug-likeness (QED) is 0.769. The van der Waals surface area contributed by atoms with E-state index in [0.29, 0.717) is 5.56 Å². The van der Waals surface area contributed by atoms with Crippen LogP contribution in [0.4, 0.5) is 0 Å². The summed E-state index contributed by atoms with van der Waals surface area (Å²) in [6.45, 7) is 1.92. The Balaban J connectivity index is 1.85. The van der Waals surface area contributed by atoms with Gasteiger partial charge in [0.05, 0.1) is 0 Å². The van der Waals surface area contributed by atoms with Gasteiger partial charge < -0.3 is 4.74 Å². The lowest BCUT2D eigenvalue weighted by Crippen LogP contribution is -1.90. The Morgan fingerprint density at radius 1 is 1.00 bits per heavy atom. The number of benzene rings is 2. The van der Waals surface area contributed by atoms with Crippen molar-refractivity contribution in [2.45, 2.75) is 26.2 Å². The number of hydrogen-bond acceptors (Lipinski definition) is 2. The first-order valence-electron chi connectivity index (χ1n) is 6.62. The maximum Gasteiger partial charge on any atom is 0.150 e. The lowest BCUT2D eigenvalue weighted by atomic mass is 10.1. The summed E-state index contributed by atoms with van der Waals surface area (Å²) in [5.41, 5.74) is 4.49. The molecule has 0 radical (unpaired) electrons. The zero-order valence-corrected chi connectivity index (χ0v) is 11.0. The molecule has 3 rings (SSSR count). The van der Waals surface area contributed by atoms with Crippen molar-refractivity contribution in [3.63, 3.8) is 0 Å². The molecule has 0 aliphatic heterocycles. The summed E-state index contributed by atoms with van der Waals surface area (Å²) < 4.78 is 5.87. The molecule has 0 heterocycles. The third-order valence-corrected chi connectivity index (χ3v) is 3.67. The van der Waals surface area contributed by atoms with E-state index in [1.807, 2.05) is 25.1 Å². The molecule has 0 saturated carbocycles. The summed E-state index contributed by atoms with van der Waals surface area (Å²) >= 11 is 0. The highest BCUT2D eigenvalue weighted by molar-refractivity contribution is 5.77. The van der Waals surface area contributed by atoms with E-state index in [-0.39, 0.29) is 0 Å². The first kappa shape index (κ1) is 12.0. The number of ether oxygens (including phenoxy) is 1. The molecule has 0 atom stereocenters. The standard InChI is InChI=1S/C17H16O2/c1-12-9-16(8-6-15(12)11-18)19-17-7-5-13-3-2-4-14(13)10-17/h5-11H,2-4H2,1H3. The third kappa shape index (κ3) is 2.39. The molecule has 96 valence electrons. The number of fused-ring (bicyclic) bond motifs is 1. The van der Waals surface area contributed by atoms with Gasteiger partial charge in [-0.1, -0.05) is 6.07 Å². The summed E-state index contributed by atoms with van der Waals surface area (Å²) in [4.78, 5) is 10.8. The van der Waals surface area contributed by atoms with Crippen LogP contribution in [0.2, 0.25) is 0 Å². The minimum atomic E-state index is 0.710. The minimum absolute atomic E-state index is 0.710. The molecule has 1 aliphatic rings. The van der Waals surface area contributed by atoms with Gasteiger partial charge in [0.25, 0.3) is 0 Å². The van der Waals surface area contributed by atoms with Gasteiger partial charge in [0.1, 0.15) is 17.8 Å². The third-order valence-electron chi connectivity index (χ3n) is 3.67. The lowest BCUT2D eigenvalue weighted by Gasteiger charge is -2.09. The Morgan fingerprint density at radius 3 is 2.53 bits per heavy atom. The number of aldehydes is 1. The Hall–Kier alpha value is -2.09. The molecule has 0 fully saturated rings. The van der Waals surface area contributed by atoms with Gasteiger partial charge in [0.2, 0.25) is 0 Å². The van der Waals surface area contributed by atoms with Crippen molar-refractivity contribution in [2.75, 3.05) is 0 Å². The maximum atomic E-state index is 10.8. The van der Waals surface area contributed by atoms with Crippen molar-refractivity contribution in [1.82, 2.24) is 0 Å². The van der Waals surface area contributed by atoms with E-state index < -0.39 is 0 Å². The fourth-order valence-electron chi connectivity index (χ4n) is 2.59. The molecule has 1 aliphatic carbocycles. The zero-order chi connectivity index (χ0) is 13.2. The number of hydrogen-bond donors (Lipinski definition) is 0. The molecule has 0 aromatic heterocycles. The van der Waals surface area contributed by atoms with Gasteiger partial charge >= 0.3 is 0 Å². The first-order chi connectivity index (χ1) is 9.26. The highest BCUT2D eigenvalue weighted by Crippen LogP contribution is 2.29. The molecule has 0 amide bonds. The molecule has 2 nitrogen and oxygen atoms in total. The van der Waals surface area contributed by atoms with Crippen LogP contribution >= 0.6 is 0 Å². The van der Waals surface area contributed by atoms with E-state index >= 15 is 0 Å². The monoisotopic (exact) mass is 252 g/mol. The second-order valence-electron chi connectivity index (χ2n) is 5.02. The molecule has 0 saturated heterocycles. The topological polar surface area (TPSA) is 26.3 Å². The number of carbonyl (C=O) groups excluding carboxylic acids is 1. The van der Waals surface area contributed by atoms with Crippen molar-refractivity contribution in [1.29, 1.82) is 0 Å². The molecule has 2 heteroatoms. The van der Waals surface area contributed by atoms with Crippen molar-refractivity contribution in [3.8, 4) is 11.5 Å². The van der Waals surface area contributed by atoms with Gasteiger partial charge in [-0.15, -0.1) is 0 Å². The van der Waals surface area contributed by atoms with E-state index in [9.17, 15) is 4.79 Å². The van der Waals surface area contributed by atoms with Gasteiger partial charge in [-0.3, -0.25) is 4.79 Å². The Kier molecular flexibility index (Phi) is 3.08. The van der Waals surface area contributed by atoms with Crippen LogP contribution in [-0.4, -0.2) is 6.29 Å². The van der Waals surface area contributed by atoms with Crippen LogP contribution < -0.4 is 4.74 Å². The number of rotatable bonds is 3. The normalized spacial score (nSPS) is 13.1. The SMILES string of the molecule is Cc1cc(Oc2ccc3c(c2)CCC3)ccc1C=O. The predicted octanol–water partition coefficient (Wildman–Crippen LogP) is 4.09. The van der Waals surface area contributed by atoms with Gasteiger partial charge in [0, 0.05) is 5.56 Å². The summed E-state index contributed by atoms with van der Waals surface area (Å²) in [6.07, 6.45) is 4.44. The molecule has 0 spiro atoms. The number of carbonyl (C=O) groups is 1. The summed E-state index contributed by atoms with van der Waals surface area (Å²) in [7, 11) is 0. The Labute approximate surface area is 113 Å². The van der Waals surface area contributed by atoms with Gasteiger partial charge in [-0.2, -0.15) is 0 Å². The fraction of sp³-hybridized carbons (Fsp3) is 0.235. The summed E-state index contributed by atoms with van der Waals surface area (Å²) in [5, 5.41) is 0. The number of aryl methyl sites for hydroxylation is 3. The van der Waals surface area contributed by atoms with Gasteiger partial charge in [0.15, 0.2) is 0 Å². The average molecular weight is 252 g/mol.